The molecule has 25 heavy (non-hydrogen) atoms. The van der Waals surface area contributed by atoms with Gasteiger partial charge in [0.05, 0.1) is 0 Å². The van der Waals surface area contributed by atoms with Gasteiger partial charge in [-0.05, 0) is 0 Å². The first kappa shape index (κ1) is 22.4. The van der Waals surface area contributed by atoms with Gasteiger partial charge in [0.15, 0.2) is 0 Å². The van der Waals surface area contributed by atoms with Crippen LogP contribution in [0.5, 0.6) is 0 Å². The van der Waals surface area contributed by atoms with Crippen LogP contribution in [-0.4, -0.2) is 38.1 Å². The molecule has 0 aromatic heterocycles. The summed E-state index contributed by atoms with van der Waals surface area (Å²) in [4.78, 5) is 18.5. The van der Waals surface area contributed by atoms with E-state index in [-0.39, 0.29) is 11.3 Å². The first-order valence-electron chi connectivity index (χ1n) is 8.64. The number of rotatable bonds is 6. The second-order valence-corrected chi connectivity index (χ2v) is 25.1. The Kier molecular flexibility index (Phi) is 7.15. The van der Waals surface area contributed by atoms with Gasteiger partial charge < -0.3 is 0 Å². The molecule has 0 aliphatic carbocycles. The average molecular weight is 475 g/mol. The molecular formula is C18H32N2O3SSn. The standard InChI is InChI=1S/C15H23N2O3S.3CH3.Sn/c1-6-14(18)17-16-11(2)21(19,20)13-9-7-12(8-10-13)15(3,4)5;;;;/h7,9-11,16H,6H2,1-5H3,(H,17,18);3*1H3;. The number of nitrogens with one attached hydrogen (secondary N) is 2. The molecule has 1 aromatic rings. The van der Waals surface area contributed by atoms with E-state index in [2.05, 4.69) is 46.4 Å². The number of carbonyl (C=O) groups excluding carboxylic acids is 1. The van der Waals surface area contributed by atoms with Gasteiger partial charge in [-0.25, -0.2) is 0 Å². The topological polar surface area (TPSA) is 75.3 Å². The molecule has 0 aliphatic rings. The molecule has 5 nitrogen and oxygen atoms in total. The maximum atomic E-state index is 12.9. The quantitative estimate of drug-likeness (QED) is 0.491. The van der Waals surface area contributed by atoms with E-state index in [4.69, 9.17) is 0 Å². The molecule has 1 aromatic carbocycles. The summed E-state index contributed by atoms with van der Waals surface area (Å²) < 4.78 is 27.0. The predicted molar refractivity (Wildman–Crippen MR) is 106 cm³/mol. The van der Waals surface area contributed by atoms with Crippen LogP contribution in [-0.2, 0) is 20.0 Å². The summed E-state index contributed by atoms with van der Waals surface area (Å²) in [6.45, 7) is 9.72. The van der Waals surface area contributed by atoms with E-state index in [0.717, 1.165) is 0 Å². The third kappa shape index (κ3) is 5.69. The summed E-state index contributed by atoms with van der Waals surface area (Å²) in [6, 6.07) is 5.52. The molecule has 2 N–H and O–H groups in total. The van der Waals surface area contributed by atoms with E-state index in [9.17, 15) is 13.2 Å². The Morgan fingerprint density at radius 3 is 2.20 bits per heavy atom. The number of hydrazine groups is 1. The van der Waals surface area contributed by atoms with Gasteiger partial charge in [0.25, 0.3) is 0 Å². The number of hydrogen-bond acceptors (Lipinski definition) is 4. The fourth-order valence-electron chi connectivity index (χ4n) is 2.53. The summed E-state index contributed by atoms with van der Waals surface area (Å²) in [5.74, 6) is -0.239. The molecule has 0 spiro atoms. The third-order valence-electron chi connectivity index (χ3n) is 4.14. The fourth-order valence-corrected chi connectivity index (χ4v) is 9.28. The normalized spacial score (nSPS) is 14.2. The average Bonchev–Trinajstić information content (AvgIpc) is 2.49. The molecule has 1 atom stereocenters. The molecule has 1 rings (SSSR count). The third-order valence-corrected chi connectivity index (χ3v) is 11.9. The van der Waals surface area contributed by atoms with Gasteiger partial charge in [-0.2, -0.15) is 0 Å². The van der Waals surface area contributed by atoms with E-state index in [1.165, 1.54) is 9.14 Å². The maximum absolute atomic E-state index is 12.9. The van der Waals surface area contributed by atoms with Crippen LogP contribution in [0.3, 0.4) is 0 Å². The van der Waals surface area contributed by atoms with E-state index in [0.29, 0.717) is 11.3 Å². The van der Waals surface area contributed by atoms with Gasteiger partial charge in [0.2, 0.25) is 0 Å². The molecule has 0 aliphatic heterocycles. The molecule has 0 bridgehead atoms. The predicted octanol–water partition coefficient (Wildman–Crippen LogP) is 2.68. The Balaban J connectivity index is 3.31. The van der Waals surface area contributed by atoms with Gasteiger partial charge in [-0.3, -0.25) is 0 Å². The molecule has 1 unspecified atom stereocenters. The van der Waals surface area contributed by atoms with Gasteiger partial charge in [-0.15, -0.1) is 0 Å². The summed E-state index contributed by atoms with van der Waals surface area (Å²) in [5.41, 5.74) is 6.24. The summed E-state index contributed by atoms with van der Waals surface area (Å²) in [6.07, 6.45) is 0.294. The van der Waals surface area contributed by atoms with E-state index >= 15 is 0 Å². The van der Waals surface area contributed by atoms with Crippen LogP contribution in [0.2, 0.25) is 14.8 Å². The van der Waals surface area contributed by atoms with Crippen molar-refractivity contribution in [3.8, 4) is 0 Å². The van der Waals surface area contributed by atoms with Crippen LogP contribution in [0.15, 0.2) is 23.1 Å². The molecular weight excluding hydrogens is 443 g/mol. The van der Waals surface area contributed by atoms with Crippen LogP contribution >= 0.6 is 0 Å². The Morgan fingerprint density at radius 2 is 1.76 bits per heavy atom. The number of amides is 1. The number of benzene rings is 1. The van der Waals surface area contributed by atoms with Crippen molar-refractivity contribution >= 4 is 37.7 Å². The number of hydrogen-bond donors (Lipinski definition) is 2. The summed E-state index contributed by atoms with van der Waals surface area (Å²) >= 11 is -2.52. The van der Waals surface area contributed by atoms with Crippen molar-refractivity contribution in [3.05, 3.63) is 23.8 Å². The molecule has 1 amide bonds. The van der Waals surface area contributed by atoms with Crippen LogP contribution in [0.4, 0.5) is 0 Å². The van der Waals surface area contributed by atoms with Crippen molar-refractivity contribution in [2.75, 3.05) is 0 Å². The zero-order chi connectivity index (χ0) is 19.6. The Bertz CT molecular complexity index is 732. The van der Waals surface area contributed by atoms with Gasteiger partial charge in [0.1, 0.15) is 0 Å². The summed E-state index contributed by atoms with van der Waals surface area (Å²) in [7, 11) is -3.58. The second kappa shape index (κ2) is 7.96. The zero-order valence-corrected chi connectivity index (χ0v) is 20.3. The zero-order valence-electron chi connectivity index (χ0n) is 16.6. The molecule has 0 heterocycles. The number of sulfone groups is 1. The van der Waals surface area contributed by atoms with Crippen molar-refractivity contribution in [1.82, 2.24) is 10.9 Å². The summed E-state index contributed by atoms with van der Waals surface area (Å²) in [5, 5.41) is -0.897. The molecule has 142 valence electrons. The van der Waals surface area contributed by atoms with Gasteiger partial charge in [0, 0.05) is 0 Å². The monoisotopic (exact) mass is 476 g/mol. The van der Waals surface area contributed by atoms with Crippen molar-refractivity contribution in [2.45, 2.75) is 71.5 Å². The van der Waals surface area contributed by atoms with E-state index in [1.54, 1.807) is 19.9 Å². The first-order chi connectivity index (χ1) is 11.2. The van der Waals surface area contributed by atoms with E-state index < -0.39 is 33.6 Å². The van der Waals surface area contributed by atoms with Crippen LogP contribution < -0.4 is 14.4 Å². The fraction of sp³-hybridized carbons (Fsp3) is 0.611. The Labute approximate surface area is 156 Å². The van der Waals surface area contributed by atoms with Crippen LogP contribution in [0.1, 0.15) is 46.6 Å². The molecule has 0 radical (unpaired) electrons. The molecule has 0 saturated carbocycles. The van der Waals surface area contributed by atoms with Crippen molar-refractivity contribution in [1.29, 1.82) is 0 Å². The van der Waals surface area contributed by atoms with Crippen molar-refractivity contribution < 1.29 is 13.2 Å². The minimum atomic E-state index is -3.58. The number of carbonyl (C=O) groups is 1. The van der Waals surface area contributed by atoms with Crippen LogP contribution in [0.25, 0.3) is 0 Å². The molecule has 0 fully saturated rings. The SMILES string of the molecule is CCC(=O)NNC(C)S(=O)(=O)c1ccc(C(C)(C)C)[c]([Sn]([CH3])([CH3])[CH3])c1. The van der Waals surface area contributed by atoms with Crippen LogP contribution in [0, 0.1) is 0 Å². The van der Waals surface area contributed by atoms with Gasteiger partial charge in [-0.1, -0.05) is 0 Å². The van der Waals surface area contributed by atoms with Crippen molar-refractivity contribution in [2.24, 2.45) is 0 Å². The first-order valence-corrected chi connectivity index (χ1v) is 20.2. The molecule has 7 heteroatoms. The minimum absolute atomic E-state index is 0.0270. The Morgan fingerprint density at radius 1 is 1.20 bits per heavy atom. The second-order valence-electron chi connectivity index (χ2n) is 8.44. The molecule has 0 saturated heterocycles. The van der Waals surface area contributed by atoms with E-state index in [1.807, 2.05) is 12.1 Å². The Hall–Kier alpha value is -0.601. The van der Waals surface area contributed by atoms with Gasteiger partial charge >= 0.3 is 157 Å². The van der Waals surface area contributed by atoms with Crippen molar-refractivity contribution in [3.63, 3.8) is 0 Å².